The first-order valence-electron chi connectivity index (χ1n) is 5.78. The van der Waals surface area contributed by atoms with Crippen LogP contribution in [0.3, 0.4) is 0 Å². The molecule has 0 aromatic heterocycles. The quantitative estimate of drug-likeness (QED) is 0.629. The molecule has 1 unspecified atom stereocenters. The summed E-state index contributed by atoms with van der Waals surface area (Å²) in [4.78, 5) is 0. The number of benzene rings is 1. The first-order chi connectivity index (χ1) is 8.04. The third-order valence-electron chi connectivity index (χ3n) is 2.90. The fraction of sp³-hybridized carbons (Fsp3) is 0.500. The Kier molecular flexibility index (Phi) is 4.03. The lowest BCUT2D eigenvalue weighted by atomic mass is 10.1. The van der Waals surface area contributed by atoms with Gasteiger partial charge in [0.1, 0.15) is 5.75 Å². The van der Waals surface area contributed by atoms with E-state index in [2.05, 4.69) is 6.92 Å². The largest absolute Gasteiger partial charge is 0.462 e. The van der Waals surface area contributed by atoms with E-state index >= 15 is 0 Å². The Morgan fingerprint density at radius 1 is 1.41 bits per heavy atom. The molecule has 1 aromatic carbocycles. The second kappa shape index (κ2) is 5.18. The molecule has 0 saturated heterocycles. The van der Waals surface area contributed by atoms with Crippen molar-refractivity contribution < 1.29 is 9.47 Å². The van der Waals surface area contributed by atoms with Crippen LogP contribution in [0.4, 0.5) is 0 Å². The lowest BCUT2D eigenvalue weighted by Gasteiger charge is -2.35. The highest BCUT2D eigenvalue weighted by atomic mass is 35.7. The van der Waals surface area contributed by atoms with Crippen molar-refractivity contribution in [3.63, 3.8) is 0 Å². The first-order valence-corrected chi connectivity index (χ1v) is 9.85. The van der Waals surface area contributed by atoms with E-state index in [0.717, 1.165) is 29.3 Å². The molecule has 1 aliphatic rings. The summed E-state index contributed by atoms with van der Waals surface area (Å²) in [6.07, 6.45) is 1.92. The van der Waals surface area contributed by atoms with Gasteiger partial charge in [-0.3, -0.25) is 0 Å². The van der Waals surface area contributed by atoms with Gasteiger partial charge in [0.2, 0.25) is 5.79 Å². The summed E-state index contributed by atoms with van der Waals surface area (Å²) in [5, 5.41) is 1.01. The van der Waals surface area contributed by atoms with Crippen LogP contribution in [0, 0.1) is 0 Å². The van der Waals surface area contributed by atoms with E-state index in [-0.39, 0.29) is 0 Å². The van der Waals surface area contributed by atoms with E-state index in [4.69, 9.17) is 31.6 Å². The van der Waals surface area contributed by atoms with Crippen molar-refractivity contribution in [2.24, 2.45) is 0 Å². The minimum atomic E-state index is -1.79. The third-order valence-corrected chi connectivity index (χ3v) is 5.27. The molecule has 2 rings (SSSR count). The van der Waals surface area contributed by atoms with Crippen LogP contribution in [-0.4, -0.2) is 13.2 Å². The normalized spacial score (nSPS) is 23.4. The number of halogens is 2. The molecule has 0 radical (unpaired) electrons. The summed E-state index contributed by atoms with van der Waals surface area (Å²) in [6, 6.07) is 5.90. The van der Waals surface area contributed by atoms with Crippen molar-refractivity contribution in [3.8, 4) is 5.75 Å². The molecule has 0 amide bonds. The molecule has 1 atom stereocenters. The van der Waals surface area contributed by atoms with E-state index < -0.39 is 13.2 Å². The van der Waals surface area contributed by atoms with E-state index in [1.54, 1.807) is 0 Å². The van der Waals surface area contributed by atoms with Gasteiger partial charge < -0.3 is 9.47 Å². The molecular formula is C12H16Cl2O2Si. The van der Waals surface area contributed by atoms with Crippen molar-refractivity contribution >= 4 is 34.8 Å². The molecule has 0 saturated carbocycles. The minimum absolute atomic E-state index is 0.498. The lowest BCUT2D eigenvalue weighted by molar-refractivity contribution is -0.197. The summed E-state index contributed by atoms with van der Waals surface area (Å²) in [6.45, 7) is 4.66. The van der Waals surface area contributed by atoms with Crippen molar-refractivity contribution in [2.75, 3.05) is 0 Å². The number of hydrogen-bond donors (Lipinski definition) is 0. The van der Waals surface area contributed by atoms with Crippen LogP contribution in [0.1, 0.15) is 32.3 Å². The second-order valence-electron chi connectivity index (χ2n) is 4.44. The smallest absolute Gasteiger partial charge is 0.266 e. The van der Waals surface area contributed by atoms with Gasteiger partial charge in [-0.1, -0.05) is 19.1 Å². The molecule has 17 heavy (non-hydrogen) atoms. The second-order valence-corrected chi connectivity index (χ2v) is 9.00. The zero-order chi connectivity index (χ0) is 12.5. The van der Waals surface area contributed by atoms with Crippen LogP contribution in [0.15, 0.2) is 18.2 Å². The van der Waals surface area contributed by atoms with Crippen LogP contribution in [0.25, 0.3) is 0 Å². The van der Waals surface area contributed by atoms with E-state index in [9.17, 15) is 0 Å². The fourth-order valence-corrected chi connectivity index (χ4v) is 3.40. The van der Waals surface area contributed by atoms with E-state index in [0.29, 0.717) is 6.61 Å². The van der Waals surface area contributed by atoms with Crippen molar-refractivity contribution in [3.05, 3.63) is 23.8 Å². The summed E-state index contributed by atoms with van der Waals surface area (Å²) in [7, 11) is -1.79. The molecule has 0 spiro atoms. The SMILES string of the molecule is CCCC1(C)OCc2cc([SiH](Cl)Cl)ccc2O1. The fourth-order valence-electron chi connectivity index (χ4n) is 2.02. The average Bonchev–Trinajstić information content (AvgIpc) is 2.28. The topological polar surface area (TPSA) is 18.5 Å². The molecule has 2 nitrogen and oxygen atoms in total. The molecule has 5 heteroatoms. The van der Waals surface area contributed by atoms with Gasteiger partial charge in [-0.05, 0) is 17.7 Å². The standard InChI is InChI=1S/C12H16Cl2O2Si/c1-3-6-12(2)15-8-9-7-10(17(13)14)4-5-11(9)16-12/h4-5,7,17H,3,6,8H2,1-2H3. The van der Waals surface area contributed by atoms with Crippen LogP contribution in [-0.2, 0) is 11.3 Å². The summed E-state index contributed by atoms with van der Waals surface area (Å²) < 4.78 is 11.7. The molecule has 1 aliphatic heterocycles. The highest BCUT2D eigenvalue weighted by Gasteiger charge is 2.31. The molecule has 1 heterocycles. The van der Waals surface area contributed by atoms with Gasteiger partial charge in [0.05, 0.1) is 6.61 Å². The minimum Gasteiger partial charge on any atom is -0.462 e. The summed E-state index contributed by atoms with van der Waals surface area (Å²) in [5.74, 6) is 0.390. The van der Waals surface area contributed by atoms with Crippen LogP contribution in [0.2, 0.25) is 0 Å². The number of ether oxygens (including phenoxy) is 2. The number of hydrogen-bond acceptors (Lipinski definition) is 2. The van der Waals surface area contributed by atoms with Gasteiger partial charge in [-0.2, -0.15) is 0 Å². The average molecular weight is 291 g/mol. The van der Waals surface area contributed by atoms with Crippen LogP contribution < -0.4 is 9.92 Å². The Bertz CT molecular complexity index is 411. The van der Waals surface area contributed by atoms with Crippen LogP contribution in [0.5, 0.6) is 5.75 Å². The monoisotopic (exact) mass is 290 g/mol. The van der Waals surface area contributed by atoms with Gasteiger partial charge in [0, 0.05) is 18.9 Å². The van der Waals surface area contributed by atoms with Gasteiger partial charge in [0.15, 0.2) is 0 Å². The maximum atomic E-state index is 5.97. The van der Waals surface area contributed by atoms with Gasteiger partial charge >= 0.3 is 0 Å². The van der Waals surface area contributed by atoms with Crippen molar-refractivity contribution in [2.45, 2.75) is 39.1 Å². The molecule has 0 bridgehead atoms. The zero-order valence-corrected chi connectivity index (χ0v) is 12.7. The Morgan fingerprint density at radius 3 is 2.82 bits per heavy atom. The van der Waals surface area contributed by atoms with Crippen LogP contribution >= 0.6 is 22.2 Å². The Balaban J connectivity index is 2.23. The molecule has 94 valence electrons. The Morgan fingerprint density at radius 2 is 2.18 bits per heavy atom. The maximum Gasteiger partial charge on any atom is 0.266 e. The van der Waals surface area contributed by atoms with Crippen molar-refractivity contribution in [1.82, 2.24) is 0 Å². The third kappa shape index (κ3) is 2.97. The number of rotatable bonds is 3. The number of fused-ring (bicyclic) bond motifs is 1. The molecule has 0 fully saturated rings. The molecule has 1 aromatic rings. The summed E-state index contributed by atoms with van der Waals surface area (Å²) in [5.41, 5.74) is 1.04. The first kappa shape index (κ1) is 13.2. The van der Waals surface area contributed by atoms with Gasteiger partial charge in [0.25, 0.3) is 7.42 Å². The Labute approximate surface area is 113 Å². The van der Waals surface area contributed by atoms with Gasteiger partial charge in [-0.15, -0.1) is 22.2 Å². The van der Waals surface area contributed by atoms with Gasteiger partial charge in [-0.25, -0.2) is 0 Å². The van der Waals surface area contributed by atoms with Crippen molar-refractivity contribution in [1.29, 1.82) is 0 Å². The highest BCUT2D eigenvalue weighted by molar-refractivity contribution is 7.39. The van der Waals surface area contributed by atoms with E-state index in [1.165, 1.54) is 0 Å². The lowest BCUT2D eigenvalue weighted by Crippen LogP contribution is -2.39. The maximum absolute atomic E-state index is 5.97. The predicted molar refractivity (Wildman–Crippen MR) is 73.7 cm³/mol. The molecule has 0 aliphatic carbocycles. The Hall–Kier alpha value is -0.223. The summed E-state index contributed by atoms with van der Waals surface area (Å²) >= 11 is 11.9. The van der Waals surface area contributed by atoms with E-state index in [1.807, 2.05) is 25.1 Å². The molecule has 0 N–H and O–H groups in total. The predicted octanol–water partition coefficient (Wildman–Crippen LogP) is 3.02. The molecular weight excluding hydrogens is 275 g/mol. The zero-order valence-electron chi connectivity index (χ0n) is 10.0. The highest BCUT2D eigenvalue weighted by Crippen LogP contribution is 2.33.